The molecule has 8 heteroatoms. The van der Waals surface area contributed by atoms with Gasteiger partial charge in [0.05, 0.1) is 30.3 Å². The molecule has 4 aromatic rings. The van der Waals surface area contributed by atoms with Crippen LogP contribution in [-0.4, -0.2) is 47.5 Å². The van der Waals surface area contributed by atoms with Crippen molar-refractivity contribution in [2.75, 3.05) is 31.2 Å². The van der Waals surface area contributed by atoms with E-state index in [2.05, 4.69) is 19.9 Å². The van der Waals surface area contributed by atoms with E-state index < -0.39 is 11.7 Å². The number of aldehydes is 1. The summed E-state index contributed by atoms with van der Waals surface area (Å²) in [5.74, 6) is -0.940. The third kappa shape index (κ3) is 3.80. The van der Waals surface area contributed by atoms with Gasteiger partial charge in [0.2, 0.25) is 0 Å². The summed E-state index contributed by atoms with van der Waals surface area (Å²) in [5.41, 5.74) is 3.32. The van der Waals surface area contributed by atoms with Crippen LogP contribution < -0.4 is 4.90 Å². The van der Waals surface area contributed by atoms with Crippen LogP contribution in [0.25, 0.3) is 22.2 Å². The van der Waals surface area contributed by atoms with Gasteiger partial charge in [0.15, 0.2) is 0 Å². The Bertz CT molecular complexity index is 1230. The highest BCUT2D eigenvalue weighted by Crippen LogP contribution is 2.33. The lowest BCUT2D eigenvalue weighted by molar-refractivity contribution is -0.108. The van der Waals surface area contributed by atoms with Gasteiger partial charge in [-0.05, 0) is 35.9 Å². The van der Waals surface area contributed by atoms with E-state index in [1.54, 1.807) is 18.3 Å². The number of hydrogen-bond acceptors (Lipinski definition) is 7. The first kappa shape index (κ1) is 19.7. The molecule has 0 N–H and O–H groups in total. The van der Waals surface area contributed by atoms with Crippen LogP contribution in [0.15, 0.2) is 54.3 Å². The lowest BCUT2D eigenvalue weighted by Gasteiger charge is -2.29. The second-order valence-corrected chi connectivity index (χ2v) is 8.17. The Morgan fingerprint density at radius 1 is 1.10 bits per heavy atom. The van der Waals surface area contributed by atoms with Crippen LogP contribution in [0.3, 0.4) is 0 Å². The van der Waals surface area contributed by atoms with E-state index >= 15 is 0 Å². The maximum atomic E-state index is 14.9. The summed E-state index contributed by atoms with van der Waals surface area (Å²) in [4.78, 5) is 27.1. The minimum Gasteiger partial charge on any atom is -0.378 e. The van der Waals surface area contributed by atoms with Crippen molar-refractivity contribution in [3.05, 3.63) is 70.7 Å². The monoisotopic (exact) mass is 434 g/mol. The van der Waals surface area contributed by atoms with Crippen molar-refractivity contribution in [1.82, 2.24) is 15.0 Å². The Kier molecular flexibility index (Phi) is 5.40. The number of thiazole rings is 1. The van der Waals surface area contributed by atoms with Gasteiger partial charge in [-0.25, -0.2) is 19.3 Å². The molecule has 1 saturated heterocycles. The molecule has 3 heterocycles. The molecule has 156 valence electrons. The van der Waals surface area contributed by atoms with Crippen LogP contribution in [-0.2, 0) is 9.53 Å². The highest BCUT2D eigenvalue weighted by Gasteiger charge is 2.20. The van der Waals surface area contributed by atoms with E-state index in [1.807, 2.05) is 23.6 Å². The number of anilines is 1. The smallest absolute Gasteiger partial charge is 0.134 e. The minimum atomic E-state index is -0.541. The number of morpholine rings is 1. The van der Waals surface area contributed by atoms with Gasteiger partial charge in [-0.3, -0.25) is 0 Å². The van der Waals surface area contributed by atoms with Crippen molar-refractivity contribution in [1.29, 1.82) is 0 Å². The van der Waals surface area contributed by atoms with Gasteiger partial charge >= 0.3 is 0 Å². The number of rotatable bonds is 5. The number of halogens is 1. The van der Waals surface area contributed by atoms with E-state index in [0.29, 0.717) is 35.0 Å². The summed E-state index contributed by atoms with van der Waals surface area (Å²) in [6.45, 7) is 3.04. The highest BCUT2D eigenvalue weighted by atomic mass is 32.1. The number of aromatic nitrogens is 3. The van der Waals surface area contributed by atoms with Gasteiger partial charge in [-0.2, -0.15) is 0 Å². The Morgan fingerprint density at radius 2 is 1.97 bits per heavy atom. The summed E-state index contributed by atoms with van der Waals surface area (Å²) in [6.07, 6.45) is 3.94. The minimum absolute atomic E-state index is 0.340. The van der Waals surface area contributed by atoms with Gasteiger partial charge in [0, 0.05) is 41.3 Å². The van der Waals surface area contributed by atoms with Crippen molar-refractivity contribution in [2.24, 2.45) is 0 Å². The summed E-state index contributed by atoms with van der Waals surface area (Å²) < 4.78 is 20.3. The zero-order valence-corrected chi connectivity index (χ0v) is 17.4. The van der Waals surface area contributed by atoms with Gasteiger partial charge in [0.1, 0.15) is 23.4 Å². The third-order valence-corrected chi connectivity index (χ3v) is 6.31. The lowest BCUT2D eigenvalue weighted by atomic mass is 9.96. The van der Waals surface area contributed by atoms with Crippen molar-refractivity contribution in [3.63, 3.8) is 0 Å². The van der Waals surface area contributed by atoms with Crippen LogP contribution in [0.1, 0.15) is 16.5 Å². The first-order valence-electron chi connectivity index (χ1n) is 9.96. The fourth-order valence-electron chi connectivity index (χ4n) is 3.86. The number of carbonyl (C=O) groups is 1. The predicted octanol–water partition coefficient (Wildman–Crippen LogP) is 4.06. The summed E-state index contributed by atoms with van der Waals surface area (Å²) in [5, 5.41) is 3.25. The maximum Gasteiger partial charge on any atom is 0.134 e. The molecule has 1 unspecified atom stereocenters. The SMILES string of the molecule is O=CC(c1ccc(F)c(-c2ncnc3cc(N4CCOCC4)ccc23)c1)c1nccs1. The zero-order valence-electron chi connectivity index (χ0n) is 16.6. The van der Waals surface area contributed by atoms with E-state index in [1.165, 1.54) is 23.7 Å². The molecule has 0 amide bonds. The van der Waals surface area contributed by atoms with Crippen LogP contribution in [0.4, 0.5) is 10.1 Å². The first-order chi connectivity index (χ1) is 15.2. The van der Waals surface area contributed by atoms with Gasteiger partial charge in [-0.1, -0.05) is 6.07 Å². The molecule has 1 atom stereocenters. The Balaban J connectivity index is 1.58. The normalized spacial score (nSPS) is 15.2. The van der Waals surface area contributed by atoms with Crippen LogP contribution >= 0.6 is 11.3 Å². The highest BCUT2D eigenvalue weighted by molar-refractivity contribution is 7.09. The average molecular weight is 434 g/mol. The second-order valence-electron chi connectivity index (χ2n) is 7.25. The Labute approximate surface area is 182 Å². The van der Waals surface area contributed by atoms with E-state index in [4.69, 9.17) is 4.74 Å². The molecule has 31 heavy (non-hydrogen) atoms. The molecule has 5 rings (SSSR count). The van der Waals surface area contributed by atoms with Crippen LogP contribution in [0.2, 0.25) is 0 Å². The van der Waals surface area contributed by atoms with Gasteiger partial charge in [0.25, 0.3) is 0 Å². The number of fused-ring (bicyclic) bond motifs is 1. The second kappa shape index (κ2) is 8.49. The fraction of sp³-hybridized carbons (Fsp3) is 0.217. The molecule has 1 fully saturated rings. The molecule has 6 nitrogen and oxygen atoms in total. The molecule has 0 radical (unpaired) electrons. The first-order valence-corrected chi connectivity index (χ1v) is 10.8. The summed E-state index contributed by atoms with van der Waals surface area (Å²) in [6, 6.07) is 10.6. The van der Waals surface area contributed by atoms with E-state index in [0.717, 1.165) is 36.0 Å². The predicted molar refractivity (Wildman–Crippen MR) is 118 cm³/mol. The number of benzene rings is 2. The molecule has 1 aliphatic heterocycles. The number of nitrogens with zero attached hydrogens (tertiary/aromatic N) is 4. The van der Waals surface area contributed by atoms with Gasteiger partial charge in [-0.15, -0.1) is 11.3 Å². The standard InChI is InChI=1S/C23H19FN4O2S/c24-20-4-1-15(19(13-29)23-25-5-10-31-23)11-18(20)22-17-3-2-16(12-21(17)26-14-27-22)28-6-8-30-9-7-28/h1-5,10-14,19H,6-9H2. The largest absolute Gasteiger partial charge is 0.378 e. The van der Waals surface area contributed by atoms with E-state index in [-0.39, 0.29) is 0 Å². The summed E-state index contributed by atoms with van der Waals surface area (Å²) >= 11 is 1.40. The molecule has 0 spiro atoms. The Morgan fingerprint density at radius 3 is 2.74 bits per heavy atom. The molecule has 1 aliphatic rings. The number of ether oxygens (including phenoxy) is 1. The topological polar surface area (TPSA) is 68.2 Å². The van der Waals surface area contributed by atoms with Crippen molar-refractivity contribution in [3.8, 4) is 11.3 Å². The zero-order chi connectivity index (χ0) is 21.2. The van der Waals surface area contributed by atoms with Crippen molar-refractivity contribution in [2.45, 2.75) is 5.92 Å². The Hall–Kier alpha value is -3.23. The molecule has 0 saturated carbocycles. The van der Waals surface area contributed by atoms with Crippen LogP contribution in [0.5, 0.6) is 0 Å². The quantitative estimate of drug-likeness (QED) is 0.441. The number of hydrogen-bond donors (Lipinski definition) is 0. The molecular weight excluding hydrogens is 415 g/mol. The van der Waals surface area contributed by atoms with Gasteiger partial charge < -0.3 is 14.4 Å². The van der Waals surface area contributed by atoms with Crippen molar-refractivity contribution >= 4 is 34.2 Å². The van der Waals surface area contributed by atoms with Crippen molar-refractivity contribution < 1.29 is 13.9 Å². The molecule has 0 bridgehead atoms. The summed E-state index contributed by atoms with van der Waals surface area (Å²) in [7, 11) is 0. The van der Waals surface area contributed by atoms with E-state index in [9.17, 15) is 9.18 Å². The molecule has 0 aliphatic carbocycles. The fourth-order valence-corrected chi connectivity index (χ4v) is 4.58. The molecular formula is C23H19FN4O2S. The number of carbonyl (C=O) groups excluding carboxylic acids is 1. The molecule has 2 aromatic carbocycles. The molecule has 2 aromatic heterocycles. The third-order valence-electron chi connectivity index (χ3n) is 5.45. The van der Waals surface area contributed by atoms with Crippen LogP contribution in [0, 0.1) is 5.82 Å². The average Bonchev–Trinajstić information content (AvgIpc) is 3.35. The lowest BCUT2D eigenvalue weighted by Crippen LogP contribution is -2.36. The maximum absolute atomic E-state index is 14.9.